The van der Waals surface area contributed by atoms with Crippen molar-refractivity contribution in [2.45, 2.75) is 0 Å². The van der Waals surface area contributed by atoms with E-state index in [1.165, 1.54) is 12.1 Å². The summed E-state index contributed by atoms with van der Waals surface area (Å²) in [5.74, 6) is 0.281. The number of nitrogens with two attached hydrogens (primary N) is 2. The minimum absolute atomic E-state index is 0.271. The number of anilines is 2. The first kappa shape index (κ1) is 8.55. The summed E-state index contributed by atoms with van der Waals surface area (Å²) in [6.45, 7) is 0. The zero-order chi connectivity index (χ0) is 10.1. The summed E-state index contributed by atoms with van der Waals surface area (Å²) in [5, 5.41) is 6.26. The Kier molecular flexibility index (Phi) is 1.85. The predicted octanol–water partition coefficient (Wildman–Crippen LogP) is 1.38. The maximum Gasteiger partial charge on any atom is 0.155 e. The third-order valence-corrected chi connectivity index (χ3v) is 1.94. The summed E-state index contributed by atoms with van der Waals surface area (Å²) in [6, 6.07) is 6.03. The first-order chi connectivity index (χ1) is 6.68. The second kappa shape index (κ2) is 3.02. The van der Waals surface area contributed by atoms with Gasteiger partial charge in [0.15, 0.2) is 5.82 Å². The van der Waals surface area contributed by atoms with Crippen LogP contribution in [0, 0.1) is 5.82 Å². The minimum atomic E-state index is -0.331. The molecular weight excluding hydrogens is 183 g/mol. The van der Waals surface area contributed by atoms with E-state index in [-0.39, 0.29) is 11.6 Å². The largest absolute Gasteiger partial charge is 0.383 e. The lowest BCUT2D eigenvalue weighted by Gasteiger charge is -2.00. The van der Waals surface area contributed by atoms with E-state index in [2.05, 4.69) is 10.2 Å². The van der Waals surface area contributed by atoms with Crippen LogP contribution < -0.4 is 11.5 Å². The van der Waals surface area contributed by atoms with Crippen LogP contribution >= 0.6 is 0 Å². The minimum Gasteiger partial charge on any atom is -0.383 e. The second-order valence-corrected chi connectivity index (χ2v) is 2.91. The Morgan fingerprint density at radius 1 is 1.29 bits per heavy atom. The van der Waals surface area contributed by atoms with Gasteiger partial charge >= 0.3 is 0 Å². The SMILES string of the molecule is Nc1n[nH]c(N)c1-c1cccc(F)c1. The standard InChI is InChI=1S/C9H9FN4/c10-6-3-1-2-5(4-6)7-8(11)13-14-9(7)12/h1-4H,(H5,11,12,13,14). The summed E-state index contributed by atoms with van der Waals surface area (Å²) in [4.78, 5) is 0. The number of nitrogen functional groups attached to an aromatic ring is 2. The van der Waals surface area contributed by atoms with Crippen molar-refractivity contribution in [3.05, 3.63) is 30.1 Å². The van der Waals surface area contributed by atoms with Crippen molar-refractivity contribution < 1.29 is 4.39 Å². The van der Waals surface area contributed by atoms with E-state index in [1.54, 1.807) is 12.1 Å². The summed E-state index contributed by atoms with van der Waals surface area (Å²) < 4.78 is 12.9. The van der Waals surface area contributed by atoms with E-state index in [4.69, 9.17) is 11.5 Å². The molecule has 1 aromatic heterocycles. The molecule has 5 N–H and O–H groups in total. The molecule has 0 saturated heterocycles. The van der Waals surface area contributed by atoms with Crippen LogP contribution in [0.25, 0.3) is 11.1 Å². The molecule has 2 aromatic rings. The van der Waals surface area contributed by atoms with Gasteiger partial charge in [0.05, 0.1) is 5.56 Å². The highest BCUT2D eigenvalue weighted by Crippen LogP contribution is 2.29. The topological polar surface area (TPSA) is 80.7 Å². The molecule has 0 saturated carbocycles. The molecule has 0 unspecified atom stereocenters. The lowest BCUT2D eigenvalue weighted by molar-refractivity contribution is 0.628. The number of halogens is 1. The van der Waals surface area contributed by atoms with E-state index in [0.29, 0.717) is 16.9 Å². The average Bonchev–Trinajstić information content (AvgIpc) is 2.46. The first-order valence-corrected chi connectivity index (χ1v) is 4.03. The molecule has 2 rings (SSSR count). The third kappa shape index (κ3) is 1.28. The van der Waals surface area contributed by atoms with Gasteiger partial charge in [0.2, 0.25) is 0 Å². The van der Waals surface area contributed by atoms with Crippen molar-refractivity contribution in [1.82, 2.24) is 10.2 Å². The summed E-state index contributed by atoms with van der Waals surface area (Å²) in [7, 11) is 0. The van der Waals surface area contributed by atoms with Crippen molar-refractivity contribution in [2.75, 3.05) is 11.5 Å². The molecule has 0 aliphatic carbocycles. The zero-order valence-corrected chi connectivity index (χ0v) is 7.29. The fourth-order valence-corrected chi connectivity index (χ4v) is 1.32. The van der Waals surface area contributed by atoms with Crippen LogP contribution in [0.2, 0.25) is 0 Å². The number of hydrogen-bond acceptors (Lipinski definition) is 3. The highest BCUT2D eigenvalue weighted by Gasteiger charge is 2.10. The molecule has 0 fully saturated rings. The molecular formula is C9H9FN4. The van der Waals surface area contributed by atoms with Gasteiger partial charge in [-0.15, -0.1) is 0 Å². The number of benzene rings is 1. The molecule has 4 nitrogen and oxygen atoms in total. The predicted molar refractivity (Wildman–Crippen MR) is 52.8 cm³/mol. The van der Waals surface area contributed by atoms with Crippen molar-refractivity contribution in [3.63, 3.8) is 0 Å². The maximum atomic E-state index is 12.9. The van der Waals surface area contributed by atoms with Crippen molar-refractivity contribution in [3.8, 4) is 11.1 Å². The number of aromatic nitrogens is 2. The van der Waals surface area contributed by atoms with Gasteiger partial charge < -0.3 is 11.5 Å². The summed E-state index contributed by atoms with van der Waals surface area (Å²) >= 11 is 0. The molecule has 1 aromatic carbocycles. The van der Waals surface area contributed by atoms with E-state index in [9.17, 15) is 4.39 Å². The lowest BCUT2D eigenvalue weighted by Crippen LogP contribution is -1.91. The van der Waals surface area contributed by atoms with Gasteiger partial charge in [-0.3, -0.25) is 5.10 Å². The van der Waals surface area contributed by atoms with Gasteiger partial charge in [0.25, 0.3) is 0 Å². The van der Waals surface area contributed by atoms with Crippen LogP contribution in [0.4, 0.5) is 16.0 Å². The normalized spacial score (nSPS) is 10.4. The molecule has 0 aliphatic rings. The number of hydrogen-bond donors (Lipinski definition) is 3. The Balaban J connectivity index is 2.59. The Labute approximate surface area is 79.7 Å². The van der Waals surface area contributed by atoms with Crippen LogP contribution in [-0.2, 0) is 0 Å². The van der Waals surface area contributed by atoms with E-state index in [0.717, 1.165) is 0 Å². The smallest absolute Gasteiger partial charge is 0.155 e. The van der Waals surface area contributed by atoms with Crippen molar-refractivity contribution in [2.24, 2.45) is 0 Å². The van der Waals surface area contributed by atoms with E-state index >= 15 is 0 Å². The van der Waals surface area contributed by atoms with Crippen molar-refractivity contribution in [1.29, 1.82) is 0 Å². The fourth-order valence-electron chi connectivity index (χ4n) is 1.32. The summed E-state index contributed by atoms with van der Waals surface area (Å²) in [5.41, 5.74) is 12.3. The van der Waals surface area contributed by atoms with E-state index < -0.39 is 0 Å². The number of rotatable bonds is 1. The van der Waals surface area contributed by atoms with Crippen LogP contribution in [0.15, 0.2) is 24.3 Å². The van der Waals surface area contributed by atoms with Gasteiger partial charge in [-0.1, -0.05) is 12.1 Å². The molecule has 0 aliphatic heterocycles. The fraction of sp³-hybridized carbons (Fsp3) is 0. The molecule has 5 heteroatoms. The lowest BCUT2D eigenvalue weighted by atomic mass is 10.1. The van der Waals surface area contributed by atoms with Gasteiger partial charge in [0, 0.05) is 0 Å². The third-order valence-electron chi connectivity index (χ3n) is 1.94. The molecule has 0 atom stereocenters. The van der Waals surface area contributed by atoms with Gasteiger partial charge in [-0.25, -0.2) is 4.39 Å². The molecule has 72 valence electrons. The van der Waals surface area contributed by atoms with E-state index in [1.807, 2.05) is 0 Å². The first-order valence-electron chi connectivity index (χ1n) is 4.03. The highest BCUT2D eigenvalue weighted by molar-refractivity contribution is 5.82. The average molecular weight is 192 g/mol. The monoisotopic (exact) mass is 192 g/mol. The Morgan fingerprint density at radius 2 is 2.07 bits per heavy atom. The Bertz CT molecular complexity index is 444. The zero-order valence-electron chi connectivity index (χ0n) is 7.29. The second-order valence-electron chi connectivity index (χ2n) is 2.91. The quantitative estimate of drug-likeness (QED) is 0.638. The number of nitrogens with one attached hydrogen (secondary N) is 1. The number of aromatic amines is 1. The number of H-pyrrole nitrogens is 1. The molecule has 0 spiro atoms. The molecule has 1 heterocycles. The van der Waals surface area contributed by atoms with Crippen LogP contribution in [0.5, 0.6) is 0 Å². The Hall–Kier alpha value is -2.04. The van der Waals surface area contributed by atoms with Crippen LogP contribution in [0.3, 0.4) is 0 Å². The van der Waals surface area contributed by atoms with Gasteiger partial charge in [-0.05, 0) is 17.7 Å². The molecule has 0 amide bonds. The van der Waals surface area contributed by atoms with Crippen LogP contribution in [0.1, 0.15) is 0 Å². The molecule has 0 radical (unpaired) electrons. The van der Waals surface area contributed by atoms with Crippen molar-refractivity contribution >= 4 is 11.6 Å². The molecule has 14 heavy (non-hydrogen) atoms. The van der Waals surface area contributed by atoms with Gasteiger partial charge in [0.1, 0.15) is 11.6 Å². The maximum absolute atomic E-state index is 12.9. The van der Waals surface area contributed by atoms with Crippen LogP contribution in [-0.4, -0.2) is 10.2 Å². The van der Waals surface area contributed by atoms with Gasteiger partial charge in [-0.2, -0.15) is 5.10 Å². The number of nitrogens with zero attached hydrogens (tertiary/aromatic N) is 1. The Morgan fingerprint density at radius 3 is 2.64 bits per heavy atom. The summed E-state index contributed by atoms with van der Waals surface area (Å²) in [6.07, 6.45) is 0. The molecule has 0 bridgehead atoms. The highest BCUT2D eigenvalue weighted by atomic mass is 19.1.